The lowest BCUT2D eigenvalue weighted by molar-refractivity contribution is -0.141. The predicted octanol–water partition coefficient (Wildman–Crippen LogP) is 6.75. The van der Waals surface area contributed by atoms with Crippen molar-refractivity contribution in [2.75, 3.05) is 32.2 Å². The van der Waals surface area contributed by atoms with Gasteiger partial charge < -0.3 is 19.5 Å². The number of nitrogens with zero attached hydrogens (tertiary/aromatic N) is 1. The van der Waals surface area contributed by atoms with Crippen LogP contribution in [0, 0.1) is 17.8 Å². The Hall–Kier alpha value is -2.18. The summed E-state index contributed by atoms with van der Waals surface area (Å²) in [4.78, 5) is 2.43. The molecule has 0 unspecified atom stereocenters. The van der Waals surface area contributed by atoms with Crippen molar-refractivity contribution in [3.05, 3.63) is 59.2 Å². The van der Waals surface area contributed by atoms with Gasteiger partial charge in [0.2, 0.25) is 5.92 Å². The number of rotatable bonds is 6. The Labute approximate surface area is 213 Å². The zero-order valence-electron chi connectivity index (χ0n) is 21.5. The predicted molar refractivity (Wildman–Crippen MR) is 138 cm³/mol. The Kier molecular flexibility index (Phi) is 7.55. The lowest BCUT2D eigenvalue weighted by atomic mass is 9.64. The maximum Gasteiger partial charge on any atom is 0.248 e. The molecule has 3 aliphatic rings. The van der Waals surface area contributed by atoms with E-state index < -0.39 is 5.92 Å². The lowest BCUT2D eigenvalue weighted by Gasteiger charge is -2.42. The molecule has 36 heavy (non-hydrogen) atoms. The average Bonchev–Trinajstić information content (AvgIpc) is 2.89. The Balaban J connectivity index is 1.36. The highest BCUT2D eigenvalue weighted by molar-refractivity contribution is 5.51. The molecule has 6 heteroatoms. The van der Waals surface area contributed by atoms with Gasteiger partial charge in [0.1, 0.15) is 5.75 Å². The zero-order chi connectivity index (χ0) is 25.3. The summed E-state index contributed by atoms with van der Waals surface area (Å²) in [5, 5.41) is 10.1. The normalized spacial score (nSPS) is 25.2. The van der Waals surface area contributed by atoms with Crippen LogP contribution in [0.4, 0.5) is 14.5 Å². The van der Waals surface area contributed by atoms with Gasteiger partial charge in [0, 0.05) is 57.7 Å². The molecule has 2 aromatic rings. The number of halogens is 2. The maximum absolute atomic E-state index is 13.9. The number of alkyl halides is 2. The molecule has 0 aromatic heterocycles. The Bertz CT molecular complexity index is 1010. The third kappa shape index (κ3) is 5.26. The van der Waals surface area contributed by atoms with Gasteiger partial charge >= 0.3 is 0 Å². The molecular weight excluding hydrogens is 460 g/mol. The van der Waals surface area contributed by atoms with E-state index >= 15 is 0 Å². The first-order valence-electron chi connectivity index (χ1n) is 13.5. The molecule has 5 rings (SSSR count). The SMILES string of the molecule is COC(OC)C1CCN(c2ccc([C@H]3c4ccc(O)cc4CC[C@H]3C3CCC(F)(F)CC3)cc2)CC1. The molecule has 1 aliphatic heterocycles. The number of methoxy groups -OCH3 is 2. The van der Waals surface area contributed by atoms with Crippen LogP contribution in [0.5, 0.6) is 5.75 Å². The summed E-state index contributed by atoms with van der Waals surface area (Å²) >= 11 is 0. The molecule has 4 nitrogen and oxygen atoms in total. The second kappa shape index (κ2) is 10.7. The molecule has 0 spiro atoms. The lowest BCUT2D eigenvalue weighted by Crippen LogP contribution is -2.39. The van der Waals surface area contributed by atoms with Crippen molar-refractivity contribution in [1.29, 1.82) is 0 Å². The van der Waals surface area contributed by atoms with Crippen LogP contribution in [-0.4, -0.2) is 44.6 Å². The van der Waals surface area contributed by atoms with Crippen LogP contribution < -0.4 is 4.90 Å². The number of anilines is 1. The van der Waals surface area contributed by atoms with Gasteiger partial charge in [0.15, 0.2) is 6.29 Å². The van der Waals surface area contributed by atoms with Gasteiger partial charge in [0.25, 0.3) is 0 Å². The third-order valence-electron chi connectivity index (χ3n) is 9.01. The van der Waals surface area contributed by atoms with E-state index in [9.17, 15) is 13.9 Å². The highest BCUT2D eigenvalue weighted by Gasteiger charge is 2.42. The van der Waals surface area contributed by atoms with Gasteiger partial charge in [-0.25, -0.2) is 8.78 Å². The molecule has 2 atom stereocenters. The molecule has 0 radical (unpaired) electrons. The highest BCUT2D eigenvalue weighted by atomic mass is 19.3. The average molecular weight is 500 g/mol. The van der Waals surface area contributed by atoms with Crippen LogP contribution in [0.3, 0.4) is 0 Å². The van der Waals surface area contributed by atoms with Gasteiger partial charge in [-0.1, -0.05) is 18.2 Å². The number of benzene rings is 2. The molecule has 1 saturated heterocycles. The van der Waals surface area contributed by atoms with Gasteiger partial charge in [0.05, 0.1) is 0 Å². The van der Waals surface area contributed by atoms with Gasteiger partial charge in [-0.3, -0.25) is 0 Å². The van der Waals surface area contributed by atoms with E-state index in [0.717, 1.165) is 38.8 Å². The monoisotopic (exact) mass is 499 g/mol. The summed E-state index contributed by atoms with van der Waals surface area (Å²) in [5.74, 6) is -0.966. The minimum absolute atomic E-state index is 0.00517. The van der Waals surface area contributed by atoms with Gasteiger partial charge in [-0.2, -0.15) is 0 Å². The van der Waals surface area contributed by atoms with Crippen LogP contribution in [-0.2, 0) is 15.9 Å². The van der Waals surface area contributed by atoms with Crippen molar-refractivity contribution in [3.63, 3.8) is 0 Å². The maximum atomic E-state index is 13.9. The number of phenolic OH excluding ortho intramolecular Hbond substituents is 1. The Morgan fingerprint density at radius 2 is 1.58 bits per heavy atom. The van der Waals surface area contributed by atoms with Crippen molar-refractivity contribution in [3.8, 4) is 5.75 Å². The third-order valence-corrected chi connectivity index (χ3v) is 9.01. The molecular formula is C30H39F2NO3. The smallest absolute Gasteiger partial charge is 0.248 e. The van der Waals surface area contributed by atoms with Crippen LogP contribution in [0.2, 0.25) is 0 Å². The Morgan fingerprint density at radius 3 is 2.22 bits per heavy atom. The molecule has 196 valence electrons. The van der Waals surface area contributed by atoms with Crippen molar-refractivity contribution in [2.45, 2.75) is 69.5 Å². The van der Waals surface area contributed by atoms with E-state index in [4.69, 9.17) is 9.47 Å². The Morgan fingerprint density at radius 1 is 0.917 bits per heavy atom. The fourth-order valence-corrected chi connectivity index (χ4v) is 7.06. The highest BCUT2D eigenvalue weighted by Crippen LogP contribution is 2.50. The number of aromatic hydroxyl groups is 1. The first-order chi connectivity index (χ1) is 17.4. The largest absolute Gasteiger partial charge is 0.508 e. The molecule has 2 fully saturated rings. The van der Waals surface area contributed by atoms with Gasteiger partial charge in [-0.15, -0.1) is 0 Å². The van der Waals surface area contributed by atoms with E-state index in [0.29, 0.717) is 36.3 Å². The number of piperidine rings is 1. The minimum Gasteiger partial charge on any atom is -0.508 e. The summed E-state index contributed by atoms with van der Waals surface area (Å²) < 4.78 is 38.8. The molecule has 0 amide bonds. The van der Waals surface area contributed by atoms with Crippen LogP contribution in [0.25, 0.3) is 0 Å². The second-order valence-electron chi connectivity index (χ2n) is 11.0. The van der Waals surface area contributed by atoms with E-state index in [1.807, 2.05) is 6.07 Å². The zero-order valence-corrected chi connectivity index (χ0v) is 21.5. The van der Waals surface area contributed by atoms with Crippen LogP contribution in [0.15, 0.2) is 42.5 Å². The summed E-state index contributed by atoms with van der Waals surface area (Å²) in [6, 6.07) is 14.6. The molecule has 1 heterocycles. The number of phenols is 1. The number of aryl methyl sites for hydroxylation is 1. The second-order valence-corrected chi connectivity index (χ2v) is 11.0. The summed E-state index contributed by atoms with van der Waals surface area (Å²) in [5.41, 5.74) is 4.91. The summed E-state index contributed by atoms with van der Waals surface area (Å²) in [6.45, 7) is 1.94. The first-order valence-corrected chi connectivity index (χ1v) is 13.5. The van der Waals surface area contributed by atoms with Crippen molar-refractivity contribution >= 4 is 5.69 Å². The van der Waals surface area contributed by atoms with E-state index in [2.05, 4.69) is 35.2 Å². The molecule has 0 bridgehead atoms. The molecule has 1 N–H and O–H groups in total. The molecule has 2 aliphatic carbocycles. The van der Waals surface area contributed by atoms with Crippen LogP contribution >= 0.6 is 0 Å². The van der Waals surface area contributed by atoms with E-state index in [-0.39, 0.29) is 25.0 Å². The summed E-state index contributed by atoms with van der Waals surface area (Å²) in [7, 11) is 3.41. The number of hydrogen-bond acceptors (Lipinski definition) is 4. The van der Waals surface area contributed by atoms with Crippen molar-refractivity contribution < 1.29 is 23.4 Å². The topological polar surface area (TPSA) is 41.9 Å². The standard InChI is InChI=1S/C30H39F2NO3/c1-35-29(36-2)22-13-17-33(18-14-22)24-6-3-21(4-7-24)28-26(20-11-15-30(31,32)16-12-20)9-5-23-19-25(34)8-10-27(23)28/h3-4,6-8,10,19-20,22,26,28-29,34H,5,9,11-18H2,1-2H3/t26-,28+/m0/s1. The fourth-order valence-electron chi connectivity index (χ4n) is 7.06. The van der Waals surface area contributed by atoms with Gasteiger partial charge in [-0.05, 0) is 91.3 Å². The molecule has 2 aromatic carbocycles. The number of fused-ring (bicyclic) bond motifs is 1. The summed E-state index contributed by atoms with van der Waals surface area (Å²) in [6.07, 6.45) is 5.00. The quantitative estimate of drug-likeness (QED) is 0.447. The first kappa shape index (κ1) is 25.5. The fraction of sp³-hybridized carbons (Fsp3) is 0.600. The van der Waals surface area contributed by atoms with Crippen molar-refractivity contribution in [1.82, 2.24) is 0 Å². The van der Waals surface area contributed by atoms with E-state index in [1.165, 1.54) is 22.4 Å². The number of ether oxygens (including phenoxy) is 2. The van der Waals surface area contributed by atoms with Crippen molar-refractivity contribution in [2.24, 2.45) is 17.8 Å². The number of hydrogen-bond donors (Lipinski definition) is 1. The van der Waals surface area contributed by atoms with E-state index in [1.54, 1.807) is 20.3 Å². The minimum atomic E-state index is -2.51. The van der Waals surface area contributed by atoms with Crippen LogP contribution in [0.1, 0.15) is 67.6 Å². The molecule has 1 saturated carbocycles.